The van der Waals surface area contributed by atoms with Crippen LogP contribution in [0.15, 0.2) is 35.3 Å². The van der Waals surface area contributed by atoms with Gasteiger partial charge in [0.15, 0.2) is 0 Å². The number of anilines is 1. The Labute approximate surface area is 137 Å². The normalized spacial score (nSPS) is 16.8. The predicted molar refractivity (Wildman–Crippen MR) is 85.3 cm³/mol. The second-order valence-electron chi connectivity index (χ2n) is 6.31. The van der Waals surface area contributed by atoms with Gasteiger partial charge in [-0.2, -0.15) is 0 Å². The molecule has 2 aromatic rings. The first-order valence-electron chi connectivity index (χ1n) is 8.07. The standard InChI is InChI=1S/C18H16F2N2O2/c19-11-9-15(20)13-3-1-8-22(16(13)10-11)18(24)14-4-2-7-21(17(14)23)12-5-6-12/h2,4,7,9-10,12H,1,3,5-6,8H2. The van der Waals surface area contributed by atoms with Crippen LogP contribution in [0.25, 0.3) is 0 Å². The maximum atomic E-state index is 14.0. The van der Waals surface area contributed by atoms with Crippen LogP contribution in [0, 0.1) is 11.6 Å². The molecule has 0 bridgehead atoms. The van der Waals surface area contributed by atoms with Crippen LogP contribution in [0.1, 0.15) is 41.2 Å². The van der Waals surface area contributed by atoms with Crippen LogP contribution in [-0.2, 0) is 6.42 Å². The molecule has 1 amide bonds. The first-order chi connectivity index (χ1) is 11.6. The van der Waals surface area contributed by atoms with Gasteiger partial charge in [-0.15, -0.1) is 0 Å². The quantitative estimate of drug-likeness (QED) is 0.849. The number of nitrogens with zero attached hydrogens (tertiary/aromatic N) is 2. The Morgan fingerprint density at radius 1 is 1.21 bits per heavy atom. The number of benzene rings is 1. The van der Waals surface area contributed by atoms with E-state index in [2.05, 4.69) is 0 Å². The third kappa shape index (κ3) is 2.42. The molecule has 2 aliphatic rings. The lowest BCUT2D eigenvalue weighted by Gasteiger charge is -2.29. The molecule has 4 nitrogen and oxygen atoms in total. The zero-order valence-corrected chi connectivity index (χ0v) is 13.0. The number of halogens is 2. The fourth-order valence-corrected chi connectivity index (χ4v) is 3.28. The molecule has 0 spiro atoms. The number of carbonyl (C=O) groups is 1. The summed E-state index contributed by atoms with van der Waals surface area (Å²) in [5, 5.41) is 0. The molecule has 4 rings (SSSR count). The minimum absolute atomic E-state index is 0.0434. The topological polar surface area (TPSA) is 42.3 Å². The van der Waals surface area contributed by atoms with Gasteiger partial charge in [-0.05, 0) is 43.9 Å². The molecule has 6 heteroatoms. The average molecular weight is 330 g/mol. The summed E-state index contributed by atoms with van der Waals surface area (Å²) in [5.74, 6) is -1.87. The average Bonchev–Trinajstić information content (AvgIpc) is 3.39. The fourth-order valence-electron chi connectivity index (χ4n) is 3.28. The van der Waals surface area contributed by atoms with E-state index in [1.165, 1.54) is 11.0 Å². The highest BCUT2D eigenvalue weighted by molar-refractivity contribution is 6.06. The van der Waals surface area contributed by atoms with Crippen LogP contribution in [0.5, 0.6) is 0 Å². The third-order valence-electron chi connectivity index (χ3n) is 4.63. The number of fused-ring (bicyclic) bond motifs is 1. The molecule has 1 fully saturated rings. The van der Waals surface area contributed by atoms with Crippen LogP contribution in [-0.4, -0.2) is 17.0 Å². The van der Waals surface area contributed by atoms with Crippen LogP contribution in [0.2, 0.25) is 0 Å². The molecule has 0 N–H and O–H groups in total. The number of carbonyl (C=O) groups excluding carboxylic acids is 1. The van der Waals surface area contributed by atoms with Crippen molar-refractivity contribution in [1.29, 1.82) is 0 Å². The molecule has 0 unspecified atom stereocenters. The van der Waals surface area contributed by atoms with Gasteiger partial charge in [0.1, 0.15) is 17.2 Å². The van der Waals surface area contributed by atoms with E-state index in [4.69, 9.17) is 0 Å². The molecule has 24 heavy (non-hydrogen) atoms. The lowest BCUT2D eigenvalue weighted by Crippen LogP contribution is -2.39. The molecule has 0 atom stereocenters. The van der Waals surface area contributed by atoms with Crippen molar-refractivity contribution in [2.24, 2.45) is 0 Å². The number of amides is 1. The van der Waals surface area contributed by atoms with Crippen LogP contribution >= 0.6 is 0 Å². The minimum atomic E-state index is -0.727. The molecular weight excluding hydrogens is 314 g/mol. The van der Waals surface area contributed by atoms with Gasteiger partial charge in [0.2, 0.25) is 0 Å². The van der Waals surface area contributed by atoms with Crippen molar-refractivity contribution < 1.29 is 13.6 Å². The summed E-state index contributed by atoms with van der Waals surface area (Å²) >= 11 is 0. The van der Waals surface area contributed by atoms with E-state index in [-0.39, 0.29) is 22.9 Å². The number of pyridine rings is 1. The van der Waals surface area contributed by atoms with Crippen molar-refractivity contribution in [3.63, 3.8) is 0 Å². The van der Waals surface area contributed by atoms with Crippen molar-refractivity contribution in [1.82, 2.24) is 4.57 Å². The Bertz CT molecular complexity index is 887. The molecule has 124 valence electrons. The van der Waals surface area contributed by atoms with E-state index in [1.807, 2.05) is 0 Å². The van der Waals surface area contributed by atoms with E-state index in [0.717, 1.165) is 25.0 Å². The zero-order chi connectivity index (χ0) is 16.8. The number of aromatic nitrogens is 1. The summed E-state index contributed by atoms with van der Waals surface area (Å²) in [6.45, 7) is 0.340. The monoisotopic (exact) mass is 330 g/mol. The lowest BCUT2D eigenvalue weighted by molar-refractivity contribution is 0.0983. The summed E-state index contributed by atoms with van der Waals surface area (Å²) in [6.07, 6.45) is 4.57. The van der Waals surface area contributed by atoms with Gasteiger partial charge in [-0.1, -0.05) is 0 Å². The van der Waals surface area contributed by atoms with Gasteiger partial charge in [0.05, 0.1) is 5.69 Å². The third-order valence-corrected chi connectivity index (χ3v) is 4.63. The highest BCUT2D eigenvalue weighted by Crippen LogP contribution is 2.34. The van der Waals surface area contributed by atoms with Crippen LogP contribution in [0.3, 0.4) is 0 Å². The van der Waals surface area contributed by atoms with E-state index >= 15 is 0 Å². The molecule has 1 aliphatic carbocycles. The van der Waals surface area contributed by atoms with E-state index in [9.17, 15) is 18.4 Å². The maximum absolute atomic E-state index is 14.0. The molecular formula is C18H16F2N2O2. The summed E-state index contributed by atoms with van der Waals surface area (Å²) in [5.41, 5.74) is 0.260. The zero-order valence-electron chi connectivity index (χ0n) is 13.0. The number of hydrogen-bond acceptors (Lipinski definition) is 2. The molecule has 2 heterocycles. The van der Waals surface area contributed by atoms with Gasteiger partial charge in [-0.25, -0.2) is 8.78 Å². The van der Waals surface area contributed by atoms with Gasteiger partial charge in [0, 0.05) is 30.4 Å². The first-order valence-corrected chi connectivity index (χ1v) is 8.07. The van der Waals surface area contributed by atoms with Gasteiger partial charge >= 0.3 is 0 Å². The van der Waals surface area contributed by atoms with Crippen molar-refractivity contribution in [3.8, 4) is 0 Å². The highest BCUT2D eigenvalue weighted by Gasteiger charge is 2.30. The number of rotatable bonds is 2. The molecule has 0 radical (unpaired) electrons. The van der Waals surface area contributed by atoms with Gasteiger partial charge in [0.25, 0.3) is 11.5 Å². The molecule has 1 aromatic heterocycles. The maximum Gasteiger partial charge on any atom is 0.263 e. The molecule has 1 aliphatic heterocycles. The highest BCUT2D eigenvalue weighted by atomic mass is 19.1. The van der Waals surface area contributed by atoms with E-state index in [1.54, 1.807) is 16.8 Å². The second-order valence-corrected chi connectivity index (χ2v) is 6.31. The Kier molecular flexibility index (Phi) is 3.48. The van der Waals surface area contributed by atoms with Crippen molar-refractivity contribution in [2.75, 3.05) is 11.4 Å². The van der Waals surface area contributed by atoms with Crippen LogP contribution in [0.4, 0.5) is 14.5 Å². The van der Waals surface area contributed by atoms with E-state index < -0.39 is 17.5 Å². The van der Waals surface area contributed by atoms with Crippen LogP contribution < -0.4 is 10.5 Å². The summed E-state index contributed by atoms with van der Waals surface area (Å²) in [4.78, 5) is 26.7. The van der Waals surface area contributed by atoms with Gasteiger partial charge in [-0.3, -0.25) is 9.59 Å². The SMILES string of the molecule is O=C(c1cccn(C2CC2)c1=O)N1CCCc2c(F)cc(F)cc21. The molecule has 0 saturated heterocycles. The molecule has 1 aromatic carbocycles. The van der Waals surface area contributed by atoms with Crippen molar-refractivity contribution >= 4 is 11.6 Å². The largest absolute Gasteiger partial charge is 0.312 e. The Morgan fingerprint density at radius 2 is 2.00 bits per heavy atom. The summed E-state index contributed by atoms with van der Waals surface area (Å²) in [7, 11) is 0. The minimum Gasteiger partial charge on any atom is -0.312 e. The second kappa shape index (κ2) is 5.54. The Morgan fingerprint density at radius 3 is 2.75 bits per heavy atom. The van der Waals surface area contributed by atoms with Crippen molar-refractivity contribution in [2.45, 2.75) is 31.7 Å². The Hall–Kier alpha value is -2.50. The predicted octanol–water partition coefficient (Wildman–Crippen LogP) is 3.05. The summed E-state index contributed by atoms with van der Waals surface area (Å²) in [6, 6.07) is 5.30. The van der Waals surface area contributed by atoms with Gasteiger partial charge < -0.3 is 9.47 Å². The number of hydrogen-bond donors (Lipinski definition) is 0. The first kappa shape index (κ1) is 15.1. The fraction of sp³-hybridized carbons (Fsp3) is 0.333. The molecule has 1 saturated carbocycles. The summed E-state index contributed by atoms with van der Waals surface area (Å²) < 4.78 is 29.2. The smallest absolute Gasteiger partial charge is 0.263 e. The van der Waals surface area contributed by atoms with E-state index in [0.29, 0.717) is 24.9 Å². The van der Waals surface area contributed by atoms with Crippen molar-refractivity contribution in [3.05, 3.63) is 63.6 Å². The Balaban J connectivity index is 1.77. The lowest BCUT2D eigenvalue weighted by atomic mass is 10.00.